The number of sulfonamides is 1. The molecule has 0 aliphatic carbocycles. The standard InChI is InChI=1S/C28H31Cl3N2O4S/c1-2-3-15-38(36,37)33(18-21-11-7-12-22(29)16-21)19-26(34)25(17-20-9-5-4-6-10-20)32-28(35)23-13-8-14-24(30)27(23)31/h4-14,16,25-26,34H,2-3,15,17-19H2,1H3,(H,32,35). The van der Waals surface area contributed by atoms with E-state index in [2.05, 4.69) is 5.32 Å². The fraction of sp³-hybridized carbons (Fsp3) is 0.321. The first kappa shape index (κ1) is 30.4. The van der Waals surface area contributed by atoms with Gasteiger partial charge in [0.1, 0.15) is 0 Å². The number of carbonyl (C=O) groups is 1. The average molecular weight is 598 g/mol. The number of unbranched alkanes of at least 4 members (excludes halogenated alkanes) is 1. The first-order chi connectivity index (χ1) is 18.1. The summed E-state index contributed by atoms with van der Waals surface area (Å²) in [6, 6.07) is 20.2. The summed E-state index contributed by atoms with van der Waals surface area (Å²) in [5.74, 6) is -0.572. The second kappa shape index (κ2) is 14.3. The van der Waals surface area contributed by atoms with Crippen LogP contribution in [0.3, 0.4) is 0 Å². The van der Waals surface area contributed by atoms with E-state index in [9.17, 15) is 18.3 Å². The van der Waals surface area contributed by atoms with Crippen molar-refractivity contribution in [1.82, 2.24) is 9.62 Å². The molecule has 2 atom stereocenters. The van der Waals surface area contributed by atoms with Crippen LogP contribution in [0.1, 0.15) is 41.3 Å². The number of aliphatic hydroxyl groups excluding tert-OH is 1. The van der Waals surface area contributed by atoms with Gasteiger partial charge in [-0.15, -0.1) is 0 Å². The smallest absolute Gasteiger partial charge is 0.253 e. The highest BCUT2D eigenvalue weighted by atomic mass is 35.5. The van der Waals surface area contributed by atoms with Crippen LogP contribution in [0.2, 0.25) is 15.1 Å². The fourth-order valence-corrected chi connectivity index (χ4v) is 6.22. The minimum Gasteiger partial charge on any atom is -0.390 e. The van der Waals surface area contributed by atoms with Crippen molar-refractivity contribution >= 4 is 50.7 Å². The summed E-state index contributed by atoms with van der Waals surface area (Å²) in [4.78, 5) is 13.2. The lowest BCUT2D eigenvalue weighted by atomic mass is 10.0. The van der Waals surface area contributed by atoms with Crippen molar-refractivity contribution in [1.29, 1.82) is 0 Å². The SMILES string of the molecule is CCCCS(=O)(=O)N(Cc1cccc(Cl)c1)CC(O)C(Cc1ccccc1)NC(=O)c1cccc(Cl)c1Cl. The molecule has 2 unspecified atom stereocenters. The zero-order valence-electron chi connectivity index (χ0n) is 21.0. The molecular formula is C28H31Cl3N2O4S. The fourth-order valence-electron chi connectivity index (χ4n) is 3.98. The van der Waals surface area contributed by atoms with Crippen molar-refractivity contribution in [2.24, 2.45) is 0 Å². The van der Waals surface area contributed by atoms with Gasteiger partial charge in [0.05, 0.1) is 33.5 Å². The van der Waals surface area contributed by atoms with Gasteiger partial charge in [-0.1, -0.05) is 96.7 Å². The molecule has 3 aromatic rings. The Morgan fingerprint density at radius 1 is 0.974 bits per heavy atom. The van der Waals surface area contributed by atoms with E-state index >= 15 is 0 Å². The molecular weight excluding hydrogens is 567 g/mol. The maximum atomic E-state index is 13.3. The molecule has 38 heavy (non-hydrogen) atoms. The maximum absolute atomic E-state index is 13.3. The monoisotopic (exact) mass is 596 g/mol. The van der Waals surface area contributed by atoms with Gasteiger partial charge in [-0.3, -0.25) is 4.79 Å². The molecule has 10 heteroatoms. The topological polar surface area (TPSA) is 86.7 Å². The average Bonchev–Trinajstić information content (AvgIpc) is 2.89. The zero-order chi connectivity index (χ0) is 27.7. The highest BCUT2D eigenvalue weighted by Gasteiger charge is 2.30. The Hall–Kier alpha value is -2.13. The molecule has 2 N–H and O–H groups in total. The van der Waals surface area contributed by atoms with E-state index in [1.807, 2.05) is 37.3 Å². The third-order valence-electron chi connectivity index (χ3n) is 6.06. The van der Waals surface area contributed by atoms with Crippen LogP contribution in [0.15, 0.2) is 72.8 Å². The van der Waals surface area contributed by atoms with Gasteiger partial charge >= 0.3 is 0 Å². The summed E-state index contributed by atoms with van der Waals surface area (Å²) < 4.78 is 27.8. The Kier molecular flexibility index (Phi) is 11.5. The lowest BCUT2D eigenvalue weighted by Crippen LogP contribution is -2.50. The number of aliphatic hydroxyl groups is 1. The molecule has 0 spiro atoms. The predicted molar refractivity (Wildman–Crippen MR) is 154 cm³/mol. The molecule has 0 saturated heterocycles. The van der Waals surface area contributed by atoms with Crippen LogP contribution in [0, 0.1) is 0 Å². The Bertz CT molecular complexity index is 1320. The zero-order valence-corrected chi connectivity index (χ0v) is 24.1. The number of halogens is 3. The Morgan fingerprint density at radius 3 is 2.34 bits per heavy atom. The number of rotatable bonds is 13. The van der Waals surface area contributed by atoms with Gasteiger partial charge in [0.15, 0.2) is 0 Å². The number of hydrogen-bond acceptors (Lipinski definition) is 4. The van der Waals surface area contributed by atoms with Gasteiger partial charge in [0, 0.05) is 18.1 Å². The Balaban J connectivity index is 1.90. The Labute approximate surface area is 239 Å². The summed E-state index contributed by atoms with van der Waals surface area (Å²) in [7, 11) is -3.71. The van der Waals surface area contributed by atoms with E-state index in [-0.39, 0.29) is 40.9 Å². The Morgan fingerprint density at radius 2 is 1.66 bits per heavy atom. The minimum atomic E-state index is -3.71. The van der Waals surface area contributed by atoms with Gasteiger partial charge in [-0.25, -0.2) is 8.42 Å². The molecule has 6 nitrogen and oxygen atoms in total. The highest BCUT2D eigenvalue weighted by molar-refractivity contribution is 7.89. The summed E-state index contributed by atoms with van der Waals surface area (Å²) in [5, 5.41) is 15.0. The van der Waals surface area contributed by atoms with E-state index in [1.54, 1.807) is 36.4 Å². The molecule has 0 fully saturated rings. The maximum Gasteiger partial charge on any atom is 0.253 e. The lowest BCUT2D eigenvalue weighted by Gasteiger charge is -2.30. The first-order valence-electron chi connectivity index (χ1n) is 12.3. The van der Waals surface area contributed by atoms with E-state index in [4.69, 9.17) is 34.8 Å². The number of carbonyl (C=O) groups excluding carboxylic acids is 1. The number of hydrogen-bond donors (Lipinski definition) is 2. The second-order valence-electron chi connectivity index (χ2n) is 9.03. The highest BCUT2D eigenvalue weighted by Crippen LogP contribution is 2.26. The summed E-state index contributed by atoms with van der Waals surface area (Å²) in [6.07, 6.45) is 0.237. The van der Waals surface area contributed by atoms with Gasteiger partial charge in [-0.2, -0.15) is 4.31 Å². The molecule has 1 amide bonds. The normalized spacial score (nSPS) is 13.3. The van der Waals surface area contributed by atoms with E-state index in [1.165, 1.54) is 10.4 Å². The number of benzene rings is 3. The molecule has 0 aliphatic rings. The van der Waals surface area contributed by atoms with Crippen LogP contribution in [-0.2, 0) is 23.0 Å². The molecule has 3 aromatic carbocycles. The van der Waals surface area contributed by atoms with Crippen LogP contribution < -0.4 is 5.32 Å². The molecule has 0 saturated carbocycles. The van der Waals surface area contributed by atoms with Crippen molar-refractivity contribution in [2.45, 2.75) is 44.9 Å². The van der Waals surface area contributed by atoms with Crippen LogP contribution in [0.25, 0.3) is 0 Å². The second-order valence-corrected chi connectivity index (χ2v) is 12.3. The molecule has 0 aromatic heterocycles. The molecule has 0 radical (unpaired) electrons. The lowest BCUT2D eigenvalue weighted by molar-refractivity contribution is 0.0779. The number of amides is 1. The van der Waals surface area contributed by atoms with Gasteiger partial charge in [0.25, 0.3) is 5.91 Å². The molecule has 0 bridgehead atoms. The van der Waals surface area contributed by atoms with E-state index in [0.29, 0.717) is 23.4 Å². The first-order valence-corrected chi connectivity index (χ1v) is 15.0. The van der Waals surface area contributed by atoms with Gasteiger partial charge < -0.3 is 10.4 Å². The van der Waals surface area contributed by atoms with Gasteiger partial charge in [0.2, 0.25) is 10.0 Å². The van der Waals surface area contributed by atoms with Gasteiger partial charge in [-0.05, 0) is 48.2 Å². The van der Waals surface area contributed by atoms with Crippen LogP contribution in [-0.4, -0.2) is 48.2 Å². The number of nitrogens with zero attached hydrogens (tertiary/aromatic N) is 1. The predicted octanol–water partition coefficient (Wildman–Crippen LogP) is 5.98. The quantitative estimate of drug-likeness (QED) is 0.254. The summed E-state index contributed by atoms with van der Waals surface area (Å²) >= 11 is 18.5. The van der Waals surface area contributed by atoms with Crippen molar-refractivity contribution in [3.8, 4) is 0 Å². The molecule has 0 aliphatic heterocycles. The van der Waals surface area contributed by atoms with Crippen molar-refractivity contribution in [3.63, 3.8) is 0 Å². The van der Waals surface area contributed by atoms with Crippen molar-refractivity contribution in [3.05, 3.63) is 105 Å². The minimum absolute atomic E-state index is 0.0375. The third kappa shape index (κ3) is 8.70. The molecule has 0 heterocycles. The van der Waals surface area contributed by atoms with E-state index < -0.39 is 28.1 Å². The molecule has 3 rings (SSSR count). The largest absolute Gasteiger partial charge is 0.390 e. The van der Waals surface area contributed by atoms with Crippen LogP contribution in [0.4, 0.5) is 0 Å². The summed E-state index contributed by atoms with van der Waals surface area (Å²) in [5.41, 5.74) is 1.72. The van der Waals surface area contributed by atoms with Crippen molar-refractivity contribution in [2.75, 3.05) is 12.3 Å². The van der Waals surface area contributed by atoms with E-state index in [0.717, 1.165) is 5.56 Å². The van der Waals surface area contributed by atoms with Crippen LogP contribution >= 0.6 is 34.8 Å². The number of nitrogens with one attached hydrogen (secondary N) is 1. The summed E-state index contributed by atoms with van der Waals surface area (Å²) in [6.45, 7) is 1.73. The van der Waals surface area contributed by atoms with Crippen LogP contribution in [0.5, 0.6) is 0 Å². The molecule has 204 valence electrons. The third-order valence-corrected chi connectivity index (χ3v) is 8.99. The van der Waals surface area contributed by atoms with Crippen molar-refractivity contribution < 1.29 is 18.3 Å².